The van der Waals surface area contributed by atoms with Crippen molar-refractivity contribution < 1.29 is 27.8 Å². The highest BCUT2D eigenvalue weighted by molar-refractivity contribution is 7.89. The SMILES string of the molecule is O=C(O)[C@H]1CCCN1S(=O)(=O)c1cccc2c1OCO2. The molecule has 108 valence electrons. The Kier molecular flexibility index (Phi) is 3.06. The molecule has 0 radical (unpaired) electrons. The molecule has 0 bridgehead atoms. The zero-order chi connectivity index (χ0) is 14.3. The number of hydrogen-bond donors (Lipinski definition) is 1. The van der Waals surface area contributed by atoms with E-state index in [0.717, 1.165) is 4.31 Å². The van der Waals surface area contributed by atoms with E-state index in [0.29, 0.717) is 18.6 Å². The quantitative estimate of drug-likeness (QED) is 0.881. The second-order valence-electron chi connectivity index (χ2n) is 4.60. The molecule has 0 aliphatic carbocycles. The zero-order valence-corrected chi connectivity index (χ0v) is 11.3. The molecule has 1 N–H and O–H groups in total. The Balaban J connectivity index is 2.05. The third-order valence-corrected chi connectivity index (χ3v) is 5.37. The molecular weight excluding hydrogens is 286 g/mol. The molecule has 0 aromatic heterocycles. The molecule has 1 atom stereocenters. The molecule has 1 saturated heterocycles. The first-order chi connectivity index (χ1) is 9.51. The lowest BCUT2D eigenvalue weighted by atomic mass is 10.2. The van der Waals surface area contributed by atoms with Crippen molar-refractivity contribution in [2.75, 3.05) is 13.3 Å². The Morgan fingerprint density at radius 2 is 2.15 bits per heavy atom. The summed E-state index contributed by atoms with van der Waals surface area (Å²) in [5.41, 5.74) is 0. The number of fused-ring (bicyclic) bond motifs is 1. The van der Waals surface area contributed by atoms with Crippen LogP contribution in [0.25, 0.3) is 0 Å². The highest BCUT2D eigenvalue weighted by Gasteiger charge is 2.41. The number of carboxylic acid groups (broad SMARTS) is 1. The summed E-state index contributed by atoms with van der Waals surface area (Å²) in [7, 11) is -3.91. The van der Waals surface area contributed by atoms with Crippen molar-refractivity contribution in [1.29, 1.82) is 0 Å². The van der Waals surface area contributed by atoms with E-state index in [-0.39, 0.29) is 24.0 Å². The van der Waals surface area contributed by atoms with Crippen molar-refractivity contribution in [3.05, 3.63) is 18.2 Å². The number of carbonyl (C=O) groups is 1. The molecule has 2 heterocycles. The van der Waals surface area contributed by atoms with Crippen LogP contribution in [0.15, 0.2) is 23.1 Å². The van der Waals surface area contributed by atoms with E-state index in [9.17, 15) is 13.2 Å². The third kappa shape index (κ3) is 1.92. The van der Waals surface area contributed by atoms with Crippen LogP contribution in [0.1, 0.15) is 12.8 Å². The number of aliphatic carboxylic acids is 1. The molecule has 0 spiro atoms. The molecule has 0 unspecified atom stereocenters. The first-order valence-corrected chi connectivity index (χ1v) is 7.59. The van der Waals surface area contributed by atoms with Gasteiger partial charge < -0.3 is 14.6 Å². The molecular formula is C12H13NO6S. The Bertz CT molecular complexity index is 656. The molecule has 1 aromatic rings. The molecule has 1 aromatic carbocycles. The molecule has 3 rings (SSSR count). The monoisotopic (exact) mass is 299 g/mol. The summed E-state index contributed by atoms with van der Waals surface area (Å²) >= 11 is 0. The summed E-state index contributed by atoms with van der Waals surface area (Å²) in [5.74, 6) is -0.614. The van der Waals surface area contributed by atoms with Crippen LogP contribution in [0.4, 0.5) is 0 Å². The lowest BCUT2D eigenvalue weighted by Crippen LogP contribution is -2.40. The molecule has 7 nitrogen and oxygen atoms in total. The summed E-state index contributed by atoms with van der Waals surface area (Å²) in [4.78, 5) is 11.1. The molecule has 0 amide bonds. The van der Waals surface area contributed by atoms with Crippen LogP contribution in [-0.2, 0) is 14.8 Å². The van der Waals surface area contributed by atoms with E-state index < -0.39 is 22.0 Å². The summed E-state index contributed by atoms with van der Waals surface area (Å²) in [5, 5.41) is 9.13. The van der Waals surface area contributed by atoms with Crippen LogP contribution in [-0.4, -0.2) is 43.2 Å². The van der Waals surface area contributed by atoms with E-state index in [1.54, 1.807) is 12.1 Å². The average molecular weight is 299 g/mol. The van der Waals surface area contributed by atoms with Gasteiger partial charge >= 0.3 is 5.97 Å². The van der Waals surface area contributed by atoms with Crippen LogP contribution in [0.2, 0.25) is 0 Å². The van der Waals surface area contributed by atoms with E-state index >= 15 is 0 Å². The standard InChI is InChI=1S/C12H13NO6S/c14-12(15)8-3-2-6-13(8)20(16,17)10-5-1-4-9-11(10)19-7-18-9/h1,4-5,8H,2-3,6-7H2,(H,14,15)/t8-/m1/s1. The predicted molar refractivity (Wildman–Crippen MR) is 67.1 cm³/mol. The highest BCUT2D eigenvalue weighted by atomic mass is 32.2. The van der Waals surface area contributed by atoms with Gasteiger partial charge in [-0.1, -0.05) is 6.07 Å². The Hall–Kier alpha value is -1.80. The van der Waals surface area contributed by atoms with Crippen molar-refractivity contribution in [2.45, 2.75) is 23.8 Å². The number of sulfonamides is 1. The first kappa shape index (κ1) is 13.2. The van der Waals surface area contributed by atoms with E-state index in [4.69, 9.17) is 14.6 Å². The third-order valence-electron chi connectivity index (χ3n) is 3.44. The van der Waals surface area contributed by atoms with Crippen molar-refractivity contribution in [2.24, 2.45) is 0 Å². The number of carboxylic acids is 1. The summed E-state index contributed by atoms with van der Waals surface area (Å²) in [6, 6.07) is 3.55. The van der Waals surface area contributed by atoms with Gasteiger partial charge in [-0.25, -0.2) is 8.42 Å². The lowest BCUT2D eigenvalue weighted by molar-refractivity contribution is -0.140. The molecule has 20 heavy (non-hydrogen) atoms. The van der Waals surface area contributed by atoms with Gasteiger partial charge in [0.1, 0.15) is 10.9 Å². The number of ether oxygens (including phenoxy) is 2. The Morgan fingerprint density at radius 3 is 2.90 bits per heavy atom. The lowest BCUT2D eigenvalue weighted by Gasteiger charge is -2.21. The van der Waals surface area contributed by atoms with Crippen molar-refractivity contribution in [1.82, 2.24) is 4.31 Å². The fourth-order valence-electron chi connectivity index (χ4n) is 2.51. The van der Waals surface area contributed by atoms with Crippen molar-refractivity contribution in [3.63, 3.8) is 0 Å². The molecule has 1 fully saturated rings. The van der Waals surface area contributed by atoms with Crippen LogP contribution in [0, 0.1) is 0 Å². The van der Waals surface area contributed by atoms with Gasteiger partial charge in [-0.15, -0.1) is 0 Å². The zero-order valence-electron chi connectivity index (χ0n) is 10.5. The summed E-state index contributed by atoms with van der Waals surface area (Å²) in [6.45, 7) is 0.161. The van der Waals surface area contributed by atoms with Crippen LogP contribution in [0.3, 0.4) is 0 Å². The average Bonchev–Trinajstić information content (AvgIpc) is 3.06. The van der Waals surface area contributed by atoms with Gasteiger partial charge in [0.2, 0.25) is 16.8 Å². The molecule has 0 saturated carbocycles. The van der Waals surface area contributed by atoms with Gasteiger partial charge in [-0.2, -0.15) is 4.31 Å². The van der Waals surface area contributed by atoms with Crippen LogP contribution >= 0.6 is 0 Å². The minimum absolute atomic E-state index is 0.0375. The maximum Gasteiger partial charge on any atom is 0.322 e. The molecule has 2 aliphatic heterocycles. The largest absolute Gasteiger partial charge is 0.480 e. The predicted octanol–water partition coefficient (Wildman–Crippen LogP) is 0.653. The Morgan fingerprint density at radius 1 is 1.35 bits per heavy atom. The fourth-order valence-corrected chi connectivity index (χ4v) is 4.30. The number of para-hydroxylation sites is 1. The topological polar surface area (TPSA) is 93.1 Å². The van der Waals surface area contributed by atoms with Gasteiger partial charge in [0, 0.05) is 6.54 Å². The number of rotatable bonds is 3. The van der Waals surface area contributed by atoms with Crippen LogP contribution in [0.5, 0.6) is 11.5 Å². The molecule has 2 aliphatic rings. The second kappa shape index (κ2) is 4.64. The smallest absolute Gasteiger partial charge is 0.322 e. The summed E-state index contributed by atoms with van der Waals surface area (Å²) < 4.78 is 36.6. The number of nitrogens with zero attached hydrogens (tertiary/aromatic N) is 1. The Labute approximate surface area is 115 Å². The van der Waals surface area contributed by atoms with Crippen LogP contribution < -0.4 is 9.47 Å². The molecule has 8 heteroatoms. The van der Waals surface area contributed by atoms with E-state index in [1.165, 1.54) is 6.07 Å². The van der Waals surface area contributed by atoms with Crippen molar-refractivity contribution in [3.8, 4) is 11.5 Å². The fraction of sp³-hybridized carbons (Fsp3) is 0.417. The minimum Gasteiger partial charge on any atom is -0.480 e. The summed E-state index contributed by atoms with van der Waals surface area (Å²) in [6.07, 6.45) is 0.851. The highest BCUT2D eigenvalue weighted by Crippen LogP contribution is 2.40. The van der Waals surface area contributed by atoms with E-state index in [2.05, 4.69) is 0 Å². The van der Waals surface area contributed by atoms with Crippen molar-refractivity contribution >= 4 is 16.0 Å². The normalized spacial score (nSPS) is 22.1. The van der Waals surface area contributed by atoms with Gasteiger partial charge in [-0.3, -0.25) is 4.79 Å². The second-order valence-corrected chi connectivity index (χ2v) is 6.46. The van der Waals surface area contributed by atoms with Gasteiger partial charge in [0.25, 0.3) is 0 Å². The maximum absolute atomic E-state index is 12.6. The van der Waals surface area contributed by atoms with E-state index in [1.807, 2.05) is 0 Å². The minimum atomic E-state index is -3.91. The number of hydrogen-bond acceptors (Lipinski definition) is 5. The van der Waals surface area contributed by atoms with Gasteiger partial charge in [-0.05, 0) is 25.0 Å². The van der Waals surface area contributed by atoms with Gasteiger partial charge in [0.05, 0.1) is 0 Å². The number of benzene rings is 1. The maximum atomic E-state index is 12.6. The first-order valence-electron chi connectivity index (χ1n) is 6.15. The van der Waals surface area contributed by atoms with Gasteiger partial charge in [0.15, 0.2) is 11.5 Å².